The molecule has 0 saturated carbocycles. The molecule has 0 aliphatic heterocycles. The van der Waals surface area contributed by atoms with Crippen LogP contribution in [0.15, 0.2) is 77.3 Å². The number of anilines is 2. The largest absolute Gasteiger partial charge is 0.497 e. The first kappa shape index (κ1) is 21.6. The highest BCUT2D eigenvalue weighted by molar-refractivity contribution is 9.10. The molecule has 1 aromatic heterocycles. The van der Waals surface area contributed by atoms with Gasteiger partial charge in [-0.2, -0.15) is 0 Å². The number of hydrogen-bond acceptors (Lipinski definition) is 5. The highest BCUT2D eigenvalue weighted by atomic mass is 79.9. The number of hydrogen-bond donors (Lipinski definition) is 3. The molecule has 4 rings (SSSR count). The molecule has 3 aromatic carbocycles. The number of carbonyl (C=O) groups is 1. The number of para-hydroxylation sites is 1. The van der Waals surface area contributed by atoms with Crippen molar-refractivity contribution in [2.24, 2.45) is 0 Å². The van der Waals surface area contributed by atoms with E-state index in [0.717, 1.165) is 32.5 Å². The van der Waals surface area contributed by atoms with Crippen LogP contribution in [-0.4, -0.2) is 36.2 Å². The van der Waals surface area contributed by atoms with E-state index in [0.29, 0.717) is 24.6 Å². The van der Waals surface area contributed by atoms with Gasteiger partial charge in [-0.1, -0.05) is 40.2 Å². The van der Waals surface area contributed by atoms with E-state index in [4.69, 9.17) is 14.7 Å². The monoisotopic (exact) mass is 491 g/mol. The number of fused-ring (bicyclic) bond motifs is 1. The predicted octanol–water partition coefficient (Wildman–Crippen LogP) is 5.30. The van der Waals surface area contributed by atoms with E-state index < -0.39 is 0 Å². The van der Waals surface area contributed by atoms with Crippen LogP contribution in [0, 0.1) is 0 Å². The molecule has 1 heterocycles. The number of methoxy groups -OCH3 is 1. The Labute approximate surface area is 194 Å². The van der Waals surface area contributed by atoms with Gasteiger partial charge in [0.25, 0.3) is 0 Å². The molecule has 162 valence electrons. The minimum absolute atomic E-state index is 0.278. The van der Waals surface area contributed by atoms with Crippen LogP contribution in [0.4, 0.5) is 16.3 Å². The molecular weight excluding hydrogens is 470 g/mol. The first-order valence-corrected chi connectivity index (χ1v) is 10.9. The maximum absolute atomic E-state index is 12.2. The van der Waals surface area contributed by atoms with Gasteiger partial charge in [-0.3, -0.25) is 0 Å². The van der Waals surface area contributed by atoms with Crippen LogP contribution in [0.2, 0.25) is 0 Å². The topological polar surface area (TPSA) is 88.2 Å². The van der Waals surface area contributed by atoms with Gasteiger partial charge in [-0.05, 0) is 48.5 Å². The second-order valence-electron chi connectivity index (χ2n) is 6.96. The Kier molecular flexibility index (Phi) is 6.81. The lowest BCUT2D eigenvalue weighted by Crippen LogP contribution is -2.32. The minimum atomic E-state index is -0.278. The Hall–Kier alpha value is -3.65. The van der Waals surface area contributed by atoms with Crippen LogP contribution < -0.4 is 20.7 Å². The van der Waals surface area contributed by atoms with E-state index in [2.05, 4.69) is 31.9 Å². The number of ether oxygens (including phenoxy) is 1. The zero-order chi connectivity index (χ0) is 22.3. The minimum Gasteiger partial charge on any atom is -0.497 e. The summed E-state index contributed by atoms with van der Waals surface area (Å²) in [5.74, 6) is 2.10. The van der Waals surface area contributed by atoms with Crippen LogP contribution in [0.1, 0.15) is 0 Å². The molecule has 0 fully saturated rings. The van der Waals surface area contributed by atoms with Crippen molar-refractivity contribution < 1.29 is 9.53 Å². The zero-order valence-electron chi connectivity index (χ0n) is 17.4. The number of aromatic nitrogens is 2. The number of halogens is 1. The third kappa shape index (κ3) is 5.33. The molecule has 0 atom stereocenters. The Bertz CT molecular complexity index is 1230. The number of nitrogens with zero attached hydrogens (tertiary/aromatic N) is 2. The zero-order valence-corrected chi connectivity index (χ0v) is 19.0. The van der Waals surface area contributed by atoms with Crippen LogP contribution in [0.3, 0.4) is 0 Å². The van der Waals surface area contributed by atoms with Crippen molar-refractivity contribution in [2.45, 2.75) is 0 Å². The van der Waals surface area contributed by atoms with Crippen molar-refractivity contribution in [3.8, 4) is 17.1 Å². The summed E-state index contributed by atoms with van der Waals surface area (Å²) in [5, 5.41) is 9.88. The van der Waals surface area contributed by atoms with Crippen LogP contribution in [-0.2, 0) is 0 Å². The summed E-state index contributed by atoms with van der Waals surface area (Å²) in [4.78, 5) is 21.6. The summed E-state index contributed by atoms with van der Waals surface area (Å²) < 4.78 is 6.09. The third-order valence-electron chi connectivity index (χ3n) is 4.74. The number of amides is 2. The molecule has 8 heteroatoms. The summed E-state index contributed by atoms with van der Waals surface area (Å²) in [6.45, 7) is 0.932. The lowest BCUT2D eigenvalue weighted by molar-refractivity contribution is 0.252. The maximum atomic E-state index is 12.2. The van der Waals surface area contributed by atoms with Gasteiger partial charge in [0, 0.05) is 34.2 Å². The normalized spacial score (nSPS) is 10.6. The molecule has 3 N–H and O–H groups in total. The van der Waals surface area contributed by atoms with Crippen LogP contribution in [0.5, 0.6) is 5.75 Å². The molecule has 0 aliphatic carbocycles. The standard InChI is InChI=1S/C24H22BrN5O2/c1-32-19-11-9-18(10-12-19)28-24(31)27-14-13-26-23-20-7-2-3-8-21(20)29-22(30-23)16-5-4-6-17(25)15-16/h2-12,15H,13-14H2,1H3,(H,26,29,30)(H2,27,28,31). The average Bonchev–Trinajstić information content (AvgIpc) is 2.82. The fourth-order valence-electron chi connectivity index (χ4n) is 3.17. The summed E-state index contributed by atoms with van der Waals surface area (Å²) in [6, 6.07) is 22.6. The number of carbonyl (C=O) groups excluding carboxylic acids is 1. The summed E-state index contributed by atoms with van der Waals surface area (Å²) >= 11 is 3.50. The van der Waals surface area contributed by atoms with Crippen LogP contribution in [0.25, 0.3) is 22.3 Å². The van der Waals surface area contributed by atoms with Crippen molar-refractivity contribution >= 4 is 44.4 Å². The number of benzene rings is 3. The molecule has 0 aliphatic rings. The van der Waals surface area contributed by atoms with E-state index in [9.17, 15) is 4.79 Å². The molecule has 0 spiro atoms. The summed E-state index contributed by atoms with van der Waals surface area (Å²) in [6.07, 6.45) is 0. The number of urea groups is 1. The smallest absolute Gasteiger partial charge is 0.319 e. The van der Waals surface area contributed by atoms with Gasteiger partial charge in [0.1, 0.15) is 11.6 Å². The van der Waals surface area contributed by atoms with Gasteiger partial charge in [-0.25, -0.2) is 14.8 Å². The fourth-order valence-corrected chi connectivity index (χ4v) is 3.57. The van der Waals surface area contributed by atoms with Crippen LogP contribution >= 0.6 is 15.9 Å². The van der Waals surface area contributed by atoms with E-state index in [-0.39, 0.29) is 6.03 Å². The molecule has 32 heavy (non-hydrogen) atoms. The average molecular weight is 492 g/mol. The first-order chi connectivity index (χ1) is 15.6. The Morgan fingerprint density at radius 1 is 0.969 bits per heavy atom. The van der Waals surface area contributed by atoms with Gasteiger partial charge in [0.15, 0.2) is 5.82 Å². The van der Waals surface area contributed by atoms with Gasteiger partial charge >= 0.3 is 6.03 Å². The number of rotatable bonds is 7. The molecular formula is C24H22BrN5O2. The summed E-state index contributed by atoms with van der Waals surface area (Å²) in [5.41, 5.74) is 2.46. The van der Waals surface area contributed by atoms with Gasteiger partial charge in [0.2, 0.25) is 0 Å². The molecule has 0 saturated heterocycles. The lowest BCUT2D eigenvalue weighted by atomic mass is 10.2. The molecule has 0 radical (unpaired) electrons. The fraction of sp³-hybridized carbons (Fsp3) is 0.125. The van der Waals surface area contributed by atoms with E-state index >= 15 is 0 Å². The quantitative estimate of drug-likeness (QED) is 0.305. The molecule has 2 amide bonds. The highest BCUT2D eigenvalue weighted by Crippen LogP contribution is 2.26. The predicted molar refractivity (Wildman–Crippen MR) is 131 cm³/mol. The SMILES string of the molecule is COc1ccc(NC(=O)NCCNc2nc(-c3cccc(Br)c3)nc3ccccc23)cc1. The Morgan fingerprint density at radius 3 is 2.56 bits per heavy atom. The lowest BCUT2D eigenvalue weighted by Gasteiger charge is -2.12. The highest BCUT2D eigenvalue weighted by Gasteiger charge is 2.10. The van der Waals surface area contributed by atoms with E-state index in [1.54, 1.807) is 31.4 Å². The molecule has 0 bridgehead atoms. The van der Waals surface area contributed by atoms with Gasteiger partial charge in [0.05, 0.1) is 12.6 Å². The van der Waals surface area contributed by atoms with E-state index in [1.807, 2.05) is 48.5 Å². The first-order valence-electron chi connectivity index (χ1n) is 10.1. The maximum Gasteiger partial charge on any atom is 0.319 e. The van der Waals surface area contributed by atoms with Gasteiger partial charge in [-0.15, -0.1) is 0 Å². The number of nitrogens with one attached hydrogen (secondary N) is 3. The van der Waals surface area contributed by atoms with Crippen molar-refractivity contribution in [1.82, 2.24) is 15.3 Å². The molecule has 7 nitrogen and oxygen atoms in total. The third-order valence-corrected chi connectivity index (χ3v) is 5.23. The Balaban J connectivity index is 1.40. The van der Waals surface area contributed by atoms with E-state index in [1.165, 1.54) is 0 Å². The summed E-state index contributed by atoms with van der Waals surface area (Å²) in [7, 11) is 1.60. The van der Waals surface area contributed by atoms with Gasteiger partial charge < -0.3 is 20.7 Å². The van der Waals surface area contributed by atoms with Crippen molar-refractivity contribution in [3.05, 3.63) is 77.3 Å². The van der Waals surface area contributed by atoms with Crippen molar-refractivity contribution in [2.75, 3.05) is 30.8 Å². The van der Waals surface area contributed by atoms with Crippen molar-refractivity contribution in [3.63, 3.8) is 0 Å². The molecule has 4 aromatic rings. The second-order valence-corrected chi connectivity index (χ2v) is 7.88. The molecule has 0 unspecified atom stereocenters. The second kappa shape index (κ2) is 10.1. The Morgan fingerprint density at radius 2 is 1.78 bits per heavy atom. The van der Waals surface area contributed by atoms with Crippen molar-refractivity contribution in [1.29, 1.82) is 0 Å².